The molecular weight excluding hydrogens is 238 g/mol. The number of hydrogen-bond donors (Lipinski definition) is 2. The molecule has 0 bridgehead atoms. The molecule has 2 N–H and O–H groups in total. The van der Waals surface area contributed by atoms with Gasteiger partial charge >= 0.3 is 0 Å². The number of nitrogens with one attached hydrogen (secondary N) is 2. The maximum Gasteiger partial charge on any atom is 0.150 e. The number of hydrogen-bond acceptors (Lipinski definition) is 5. The molecule has 1 aliphatic carbocycles. The smallest absolute Gasteiger partial charge is 0.150 e. The third kappa shape index (κ3) is 3.35. The Hall–Kier alpha value is -1.36. The normalized spacial score (nSPS) is 20.7. The highest BCUT2D eigenvalue weighted by Gasteiger charge is 2.15. The predicted octanol–water partition coefficient (Wildman–Crippen LogP) is 1.49. The molecule has 0 atom stereocenters. The second kappa shape index (κ2) is 6.19. The Balaban J connectivity index is 1.58. The molecule has 1 aliphatic heterocycles. The largest absolute Gasteiger partial charge is 0.368 e. The molecule has 3 rings (SSSR count). The van der Waals surface area contributed by atoms with E-state index in [-0.39, 0.29) is 0 Å². The molecule has 5 nitrogen and oxygen atoms in total. The van der Waals surface area contributed by atoms with Crippen LogP contribution in [0.15, 0.2) is 12.3 Å². The Bertz CT molecular complexity index is 397. The summed E-state index contributed by atoms with van der Waals surface area (Å²) in [6, 6.07) is 2.13. The second-order valence-electron chi connectivity index (χ2n) is 5.57. The van der Waals surface area contributed by atoms with Crippen LogP contribution in [0.25, 0.3) is 0 Å². The summed E-state index contributed by atoms with van der Waals surface area (Å²) in [4.78, 5) is 2.37. The average Bonchev–Trinajstić information content (AvgIpc) is 3.00. The highest BCUT2D eigenvalue weighted by atomic mass is 15.2. The molecule has 1 aromatic rings. The Morgan fingerprint density at radius 1 is 1.26 bits per heavy atom. The molecule has 104 valence electrons. The molecule has 1 saturated carbocycles. The van der Waals surface area contributed by atoms with Gasteiger partial charge in [-0.2, -0.15) is 5.10 Å². The second-order valence-corrected chi connectivity index (χ2v) is 5.57. The van der Waals surface area contributed by atoms with Gasteiger partial charge in [0.05, 0.1) is 11.9 Å². The van der Waals surface area contributed by atoms with Gasteiger partial charge in [-0.25, -0.2) is 0 Å². The van der Waals surface area contributed by atoms with E-state index in [1.807, 2.05) is 6.20 Å². The van der Waals surface area contributed by atoms with Gasteiger partial charge in [-0.3, -0.25) is 0 Å². The molecule has 5 heteroatoms. The van der Waals surface area contributed by atoms with Gasteiger partial charge in [0.25, 0.3) is 0 Å². The minimum Gasteiger partial charge on any atom is -0.368 e. The van der Waals surface area contributed by atoms with Gasteiger partial charge in [0.2, 0.25) is 0 Å². The number of nitrogens with zero attached hydrogens (tertiary/aromatic N) is 3. The van der Waals surface area contributed by atoms with Gasteiger partial charge in [-0.15, -0.1) is 5.10 Å². The van der Waals surface area contributed by atoms with Crippen LogP contribution in [0.3, 0.4) is 0 Å². The SMILES string of the molecule is c1nnc(NCC2CCCC2)cc1N1CCNCC1. The van der Waals surface area contributed by atoms with Crippen molar-refractivity contribution in [2.24, 2.45) is 5.92 Å². The summed E-state index contributed by atoms with van der Waals surface area (Å²) in [5.74, 6) is 1.74. The zero-order valence-electron chi connectivity index (χ0n) is 11.4. The van der Waals surface area contributed by atoms with Gasteiger partial charge in [0.15, 0.2) is 5.82 Å². The van der Waals surface area contributed by atoms with Crippen LogP contribution in [0.2, 0.25) is 0 Å². The van der Waals surface area contributed by atoms with E-state index >= 15 is 0 Å². The Morgan fingerprint density at radius 2 is 2.05 bits per heavy atom. The fraction of sp³-hybridized carbons (Fsp3) is 0.714. The first-order valence-corrected chi connectivity index (χ1v) is 7.44. The van der Waals surface area contributed by atoms with Gasteiger partial charge in [-0.05, 0) is 18.8 Å². The molecule has 0 spiro atoms. The van der Waals surface area contributed by atoms with Crippen LogP contribution in [-0.2, 0) is 0 Å². The minimum atomic E-state index is 0.824. The van der Waals surface area contributed by atoms with Crippen molar-refractivity contribution >= 4 is 11.5 Å². The molecule has 0 radical (unpaired) electrons. The number of anilines is 2. The van der Waals surface area contributed by atoms with Crippen LogP contribution in [0.1, 0.15) is 25.7 Å². The third-order valence-electron chi connectivity index (χ3n) is 4.17. The summed E-state index contributed by atoms with van der Waals surface area (Å²) < 4.78 is 0. The van der Waals surface area contributed by atoms with Crippen molar-refractivity contribution in [2.45, 2.75) is 25.7 Å². The Labute approximate surface area is 114 Å². The van der Waals surface area contributed by atoms with Crippen molar-refractivity contribution < 1.29 is 0 Å². The van der Waals surface area contributed by atoms with Gasteiger partial charge in [0, 0.05) is 38.8 Å². The van der Waals surface area contributed by atoms with E-state index in [1.165, 1.54) is 31.4 Å². The highest BCUT2D eigenvalue weighted by Crippen LogP contribution is 2.25. The summed E-state index contributed by atoms with van der Waals surface area (Å²) in [5, 5.41) is 15.1. The molecule has 1 saturated heterocycles. The lowest BCUT2D eigenvalue weighted by Gasteiger charge is -2.29. The molecule has 2 aliphatic rings. The first-order valence-electron chi connectivity index (χ1n) is 7.44. The summed E-state index contributed by atoms with van der Waals surface area (Å²) in [5.41, 5.74) is 1.19. The van der Waals surface area contributed by atoms with Crippen molar-refractivity contribution in [1.82, 2.24) is 15.5 Å². The van der Waals surface area contributed by atoms with Crippen LogP contribution in [0.4, 0.5) is 11.5 Å². The van der Waals surface area contributed by atoms with Crippen LogP contribution < -0.4 is 15.5 Å². The minimum absolute atomic E-state index is 0.824. The molecule has 0 unspecified atom stereocenters. The van der Waals surface area contributed by atoms with Crippen molar-refractivity contribution in [3.05, 3.63) is 12.3 Å². The lowest BCUT2D eigenvalue weighted by atomic mass is 10.1. The van der Waals surface area contributed by atoms with Crippen LogP contribution in [0, 0.1) is 5.92 Å². The molecule has 2 fully saturated rings. The fourth-order valence-corrected chi connectivity index (χ4v) is 3.00. The van der Waals surface area contributed by atoms with Crippen LogP contribution in [-0.4, -0.2) is 42.9 Å². The van der Waals surface area contributed by atoms with E-state index in [9.17, 15) is 0 Å². The van der Waals surface area contributed by atoms with Crippen molar-refractivity contribution in [1.29, 1.82) is 0 Å². The fourth-order valence-electron chi connectivity index (χ4n) is 3.00. The van der Waals surface area contributed by atoms with E-state index in [2.05, 4.69) is 31.8 Å². The van der Waals surface area contributed by atoms with Crippen molar-refractivity contribution in [2.75, 3.05) is 42.9 Å². The van der Waals surface area contributed by atoms with Crippen LogP contribution >= 0.6 is 0 Å². The maximum atomic E-state index is 4.19. The summed E-state index contributed by atoms with van der Waals surface area (Å²) >= 11 is 0. The van der Waals surface area contributed by atoms with Gasteiger partial charge < -0.3 is 15.5 Å². The topological polar surface area (TPSA) is 53.1 Å². The molecule has 0 aromatic carbocycles. The lowest BCUT2D eigenvalue weighted by molar-refractivity contribution is 0.577. The Morgan fingerprint density at radius 3 is 2.84 bits per heavy atom. The Kier molecular flexibility index (Phi) is 4.13. The predicted molar refractivity (Wildman–Crippen MR) is 77.6 cm³/mol. The quantitative estimate of drug-likeness (QED) is 0.860. The molecule has 0 amide bonds. The van der Waals surface area contributed by atoms with Gasteiger partial charge in [0.1, 0.15) is 0 Å². The number of aromatic nitrogens is 2. The third-order valence-corrected chi connectivity index (χ3v) is 4.17. The average molecular weight is 261 g/mol. The standard InChI is InChI=1S/C14H23N5/c1-2-4-12(3-1)10-16-14-9-13(11-17-18-14)19-7-5-15-6-8-19/h9,11-12,15H,1-8,10H2,(H,16,18). The van der Waals surface area contributed by atoms with E-state index in [0.29, 0.717) is 0 Å². The highest BCUT2D eigenvalue weighted by molar-refractivity contribution is 5.52. The van der Waals surface area contributed by atoms with E-state index < -0.39 is 0 Å². The molecule has 2 heterocycles. The molecular formula is C14H23N5. The first kappa shape index (κ1) is 12.7. The summed E-state index contributed by atoms with van der Waals surface area (Å²) in [6.07, 6.45) is 7.36. The summed E-state index contributed by atoms with van der Waals surface area (Å²) in [6.45, 7) is 5.24. The van der Waals surface area contributed by atoms with Crippen molar-refractivity contribution in [3.63, 3.8) is 0 Å². The van der Waals surface area contributed by atoms with E-state index in [1.54, 1.807) is 0 Å². The van der Waals surface area contributed by atoms with E-state index in [0.717, 1.165) is 44.5 Å². The zero-order valence-corrected chi connectivity index (χ0v) is 11.4. The monoisotopic (exact) mass is 261 g/mol. The first-order chi connectivity index (χ1) is 9.42. The van der Waals surface area contributed by atoms with E-state index in [4.69, 9.17) is 0 Å². The van der Waals surface area contributed by atoms with Crippen molar-refractivity contribution in [3.8, 4) is 0 Å². The molecule has 19 heavy (non-hydrogen) atoms. The zero-order chi connectivity index (χ0) is 12.9. The molecule has 1 aromatic heterocycles. The van der Waals surface area contributed by atoms with Crippen LogP contribution in [0.5, 0.6) is 0 Å². The maximum absolute atomic E-state index is 4.19. The lowest BCUT2D eigenvalue weighted by Crippen LogP contribution is -2.43. The number of rotatable bonds is 4. The van der Waals surface area contributed by atoms with Gasteiger partial charge in [-0.1, -0.05) is 12.8 Å². The number of piperazine rings is 1. The summed E-state index contributed by atoms with van der Waals surface area (Å²) in [7, 11) is 0.